The van der Waals surface area contributed by atoms with Gasteiger partial charge in [0, 0.05) is 37.1 Å². The molecule has 0 unspecified atom stereocenters. The van der Waals surface area contributed by atoms with E-state index in [9.17, 15) is 19.2 Å². The van der Waals surface area contributed by atoms with Crippen LogP contribution in [0.3, 0.4) is 0 Å². The quantitative estimate of drug-likeness (QED) is 0.0721. The van der Waals surface area contributed by atoms with Crippen molar-refractivity contribution in [1.29, 1.82) is 0 Å². The fourth-order valence-electron chi connectivity index (χ4n) is 7.00. The van der Waals surface area contributed by atoms with Gasteiger partial charge in [0.2, 0.25) is 11.7 Å². The minimum atomic E-state index is -0.594. The molecule has 1 aromatic carbocycles. The Bertz CT molecular complexity index is 1600. The van der Waals surface area contributed by atoms with Crippen LogP contribution < -0.4 is 10.1 Å². The molecule has 0 bridgehead atoms. The Morgan fingerprint density at radius 2 is 1.54 bits per heavy atom. The number of benzene rings is 1. The van der Waals surface area contributed by atoms with E-state index in [2.05, 4.69) is 10.1 Å². The van der Waals surface area contributed by atoms with Crippen molar-refractivity contribution in [2.24, 2.45) is 5.92 Å². The molecular formula is C43H66N4O11S. The highest BCUT2D eigenvalue weighted by Crippen LogP contribution is 2.36. The molecule has 1 saturated carbocycles. The normalized spacial score (nSPS) is 17.1. The second kappa shape index (κ2) is 25.2. The fraction of sp³-hybridized carbons (Fsp3) is 0.698. The van der Waals surface area contributed by atoms with Gasteiger partial charge >= 0.3 is 12.1 Å². The van der Waals surface area contributed by atoms with Crippen LogP contribution in [0.2, 0.25) is 0 Å². The third-order valence-corrected chi connectivity index (χ3v) is 11.3. The van der Waals surface area contributed by atoms with Gasteiger partial charge in [-0.25, -0.2) is 9.78 Å². The topological polar surface area (TPSA) is 164 Å². The van der Waals surface area contributed by atoms with Gasteiger partial charge in [0.15, 0.2) is 0 Å². The van der Waals surface area contributed by atoms with Gasteiger partial charge in [0.1, 0.15) is 28.7 Å². The third kappa shape index (κ3) is 16.4. The molecule has 1 N–H and O–H groups in total. The smallest absolute Gasteiger partial charge is 0.410 e. The van der Waals surface area contributed by atoms with Crippen molar-refractivity contribution in [3.8, 4) is 5.75 Å². The van der Waals surface area contributed by atoms with Crippen molar-refractivity contribution in [1.82, 2.24) is 20.1 Å². The summed E-state index contributed by atoms with van der Waals surface area (Å²) in [6.45, 7) is 12.0. The largest absolute Gasteiger partial charge is 0.491 e. The molecule has 1 aliphatic heterocycles. The maximum absolute atomic E-state index is 14.4. The van der Waals surface area contributed by atoms with Crippen molar-refractivity contribution >= 4 is 35.1 Å². The van der Waals surface area contributed by atoms with E-state index in [1.165, 1.54) is 24.9 Å². The summed E-state index contributed by atoms with van der Waals surface area (Å²) in [5, 5.41) is 6.12. The Hall–Kier alpha value is -3.67. The first-order valence-electron chi connectivity index (χ1n) is 21.0. The van der Waals surface area contributed by atoms with Crippen molar-refractivity contribution in [2.75, 3.05) is 86.7 Å². The number of rotatable bonds is 25. The number of aromatic nitrogens is 1. The van der Waals surface area contributed by atoms with Crippen LogP contribution >= 0.6 is 11.3 Å². The maximum Gasteiger partial charge on any atom is 0.410 e. The molecule has 1 saturated heterocycles. The molecule has 0 spiro atoms. The molecular weight excluding hydrogens is 781 g/mol. The molecule has 2 aromatic rings. The number of ether oxygens (including phenoxy) is 7. The van der Waals surface area contributed by atoms with E-state index in [0.29, 0.717) is 89.6 Å². The summed E-state index contributed by atoms with van der Waals surface area (Å²) in [7, 11) is 3.08. The first-order valence-corrected chi connectivity index (χ1v) is 21.9. The van der Waals surface area contributed by atoms with E-state index in [-0.39, 0.29) is 48.1 Å². The molecule has 1 aromatic heterocycles. The zero-order valence-corrected chi connectivity index (χ0v) is 36.7. The number of amides is 2. The zero-order chi connectivity index (χ0) is 42.6. The summed E-state index contributed by atoms with van der Waals surface area (Å²) in [5.41, 5.74) is 0.221. The molecule has 2 fully saturated rings. The third-order valence-electron chi connectivity index (χ3n) is 10.3. The molecule has 16 heteroatoms. The molecule has 4 rings (SSSR count). The number of likely N-dealkylation sites (N-methyl/N-ethyl adjacent to an activating group) is 1. The van der Waals surface area contributed by atoms with Gasteiger partial charge in [0.05, 0.1) is 78.5 Å². The Morgan fingerprint density at radius 3 is 2.19 bits per heavy atom. The molecule has 1 aliphatic carbocycles. The fourth-order valence-corrected chi connectivity index (χ4v) is 7.94. The van der Waals surface area contributed by atoms with Gasteiger partial charge in [-0.3, -0.25) is 14.4 Å². The van der Waals surface area contributed by atoms with Crippen LogP contribution in [0, 0.1) is 5.92 Å². The highest BCUT2D eigenvalue weighted by Gasteiger charge is 2.39. The van der Waals surface area contributed by atoms with Gasteiger partial charge in [-0.15, -0.1) is 11.3 Å². The van der Waals surface area contributed by atoms with Crippen LogP contribution in [0.1, 0.15) is 106 Å². The van der Waals surface area contributed by atoms with E-state index in [1.807, 2.05) is 32.6 Å². The van der Waals surface area contributed by atoms with Crippen LogP contribution in [-0.4, -0.2) is 143 Å². The number of esters is 1. The predicted octanol–water partition coefficient (Wildman–Crippen LogP) is 5.84. The van der Waals surface area contributed by atoms with Crippen LogP contribution in [0.15, 0.2) is 29.6 Å². The van der Waals surface area contributed by atoms with Crippen molar-refractivity contribution in [2.45, 2.75) is 103 Å². The average molecular weight is 847 g/mol. The lowest BCUT2D eigenvalue weighted by Crippen LogP contribution is -2.54. The molecule has 2 heterocycles. The van der Waals surface area contributed by atoms with E-state index >= 15 is 0 Å². The molecule has 3 atom stereocenters. The summed E-state index contributed by atoms with van der Waals surface area (Å²) in [4.78, 5) is 60.1. The van der Waals surface area contributed by atoms with Gasteiger partial charge in [-0.05, 0) is 71.4 Å². The number of hydrogen-bond donors (Lipinski definition) is 1. The Balaban J connectivity index is 1.21. The average Bonchev–Trinajstić information content (AvgIpc) is 3.92. The number of hydrogen-bond acceptors (Lipinski definition) is 14. The molecule has 330 valence electrons. The Morgan fingerprint density at radius 1 is 0.898 bits per heavy atom. The van der Waals surface area contributed by atoms with Gasteiger partial charge in [-0.1, -0.05) is 31.4 Å². The second-order valence-electron chi connectivity index (χ2n) is 16.0. The van der Waals surface area contributed by atoms with Crippen molar-refractivity contribution in [3.05, 3.63) is 45.9 Å². The molecule has 2 amide bonds. The van der Waals surface area contributed by atoms with E-state index < -0.39 is 11.7 Å². The predicted molar refractivity (Wildman–Crippen MR) is 223 cm³/mol. The SMILES string of the molecule is COC(=O)CCOCCOCCOCCOCCOc1cccc(C(=O)c2csc([C@@H]3CCCN3C(=O)[C@@H](NC[C@H](C)N(C)C(=O)OC(C)(C)C)C3CCCCC3)n2)c1. The molecule has 2 aliphatic rings. The van der Waals surface area contributed by atoms with Crippen LogP contribution in [0.25, 0.3) is 0 Å². The first-order chi connectivity index (χ1) is 28.4. The van der Waals surface area contributed by atoms with E-state index in [4.69, 9.17) is 33.4 Å². The van der Waals surface area contributed by atoms with Crippen molar-refractivity contribution < 1.29 is 52.3 Å². The zero-order valence-electron chi connectivity index (χ0n) is 35.9. The number of carbonyl (C=O) groups excluding carboxylic acids is 4. The monoisotopic (exact) mass is 846 g/mol. The molecule has 59 heavy (non-hydrogen) atoms. The highest BCUT2D eigenvalue weighted by atomic mass is 32.1. The number of carbonyl (C=O) groups is 4. The summed E-state index contributed by atoms with van der Waals surface area (Å²) in [6, 6.07) is 6.28. The standard InChI is InChI=1S/C43H66N4O11S/c1-31(46(5)42(51)58-43(2,3)4)29-44-38(32-12-8-7-9-13-32)41(50)47-18-11-16-36(47)40-45-35(30-59-40)39(49)33-14-10-15-34(28-33)57-27-26-56-25-24-55-23-22-54-21-20-53-19-17-37(48)52-6/h10,14-15,28,30-32,36,38,44H,7-9,11-13,16-27,29H2,1-6H3/t31-,36-,38-/m0/s1. The lowest BCUT2D eigenvalue weighted by molar-refractivity contribution is -0.142. The van der Waals surface area contributed by atoms with Crippen molar-refractivity contribution in [3.63, 3.8) is 0 Å². The van der Waals surface area contributed by atoms with E-state index in [1.54, 1.807) is 41.6 Å². The summed E-state index contributed by atoms with van der Waals surface area (Å²) in [6.07, 6.45) is 6.81. The number of nitrogens with zero attached hydrogens (tertiary/aromatic N) is 3. The van der Waals surface area contributed by atoms with Gasteiger partial charge in [-0.2, -0.15) is 0 Å². The highest BCUT2D eigenvalue weighted by molar-refractivity contribution is 7.10. The summed E-state index contributed by atoms with van der Waals surface area (Å²) in [5.74, 6) is 0.318. The number of nitrogens with one attached hydrogen (secondary N) is 1. The number of methoxy groups -OCH3 is 1. The number of thiazole rings is 1. The Kier molecular flexibility index (Phi) is 20.5. The van der Waals surface area contributed by atoms with Gasteiger partial charge < -0.3 is 48.3 Å². The molecule has 15 nitrogen and oxygen atoms in total. The Labute approximate surface area is 353 Å². The van der Waals surface area contributed by atoms with E-state index in [0.717, 1.165) is 43.5 Å². The second-order valence-corrected chi connectivity index (χ2v) is 16.9. The summed E-state index contributed by atoms with van der Waals surface area (Å²) >= 11 is 1.42. The lowest BCUT2D eigenvalue weighted by atomic mass is 9.83. The first kappa shape index (κ1) is 48.0. The minimum absolute atomic E-state index is 0.0643. The number of likely N-dealkylation sites (tertiary alicyclic amines) is 1. The van der Waals surface area contributed by atoms with Crippen LogP contribution in [0.4, 0.5) is 4.79 Å². The lowest BCUT2D eigenvalue weighted by Gasteiger charge is -2.36. The minimum Gasteiger partial charge on any atom is -0.491 e. The van der Waals surface area contributed by atoms with Crippen LogP contribution in [0.5, 0.6) is 5.75 Å². The van der Waals surface area contributed by atoms with Crippen LogP contribution in [-0.2, 0) is 38.0 Å². The maximum atomic E-state index is 14.4. The molecule has 0 radical (unpaired) electrons. The number of ketones is 1. The summed E-state index contributed by atoms with van der Waals surface area (Å²) < 4.78 is 37.8. The van der Waals surface area contributed by atoms with Gasteiger partial charge in [0.25, 0.3) is 0 Å².